The van der Waals surface area contributed by atoms with Crippen LogP contribution in [-0.4, -0.2) is 5.11 Å². The highest BCUT2D eigenvalue weighted by molar-refractivity contribution is 9.10. The van der Waals surface area contributed by atoms with Crippen LogP contribution < -0.4 is 10.6 Å². The van der Waals surface area contributed by atoms with E-state index < -0.39 is 0 Å². The molecule has 2 aromatic rings. The molecule has 110 valence electrons. The second kappa shape index (κ2) is 7.20. The molecule has 0 saturated heterocycles. The summed E-state index contributed by atoms with van der Waals surface area (Å²) in [6, 6.07) is 10.3. The van der Waals surface area contributed by atoms with Crippen molar-refractivity contribution in [3.05, 3.63) is 62.8 Å². The van der Waals surface area contributed by atoms with E-state index in [4.69, 9.17) is 23.8 Å². The van der Waals surface area contributed by atoms with Crippen LogP contribution >= 0.6 is 39.7 Å². The van der Waals surface area contributed by atoms with Crippen molar-refractivity contribution in [3.63, 3.8) is 0 Å². The lowest BCUT2D eigenvalue weighted by atomic mass is 10.2. The summed E-state index contributed by atoms with van der Waals surface area (Å²) in [7, 11) is 0. The molecule has 0 unspecified atom stereocenters. The molecule has 0 aliphatic rings. The van der Waals surface area contributed by atoms with Crippen LogP contribution in [0.4, 0.5) is 10.1 Å². The minimum Gasteiger partial charge on any atom is -0.358 e. The molecule has 2 nitrogen and oxygen atoms in total. The normalized spacial score (nSPS) is 10.3. The number of halogens is 3. The Labute approximate surface area is 141 Å². The van der Waals surface area contributed by atoms with Gasteiger partial charge in [-0.1, -0.05) is 33.6 Å². The molecule has 2 rings (SSSR count). The summed E-state index contributed by atoms with van der Waals surface area (Å²) in [6.45, 7) is 2.21. The van der Waals surface area contributed by atoms with Gasteiger partial charge in [0, 0.05) is 27.3 Å². The van der Waals surface area contributed by atoms with Gasteiger partial charge < -0.3 is 10.6 Å². The Hall–Kier alpha value is -1.17. The predicted molar refractivity (Wildman–Crippen MR) is 93.3 cm³/mol. The smallest absolute Gasteiger partial charge is 0.171 e. The molecule has 0 bridgehead atoms. The van der Waals surface area contributed by atoms with E-state index in [2.05, 4.69) is 26.6 Å². The zero-order chi connectivity index (χ0) is 15.4. The molecule has 0 atom stereocenters. The second-order valence-electron chi connectivity index (χ2n) is 4.46. The summed E-state index contributed by atoms with van der Waals surface area (Å²) in [5.41, 5.74) is 2.28. The molecule has 21 heavy (non-hydrogen) atoms. The lowest BCUT2D eigenvalue weighted by Crippen LogP contribution is -2.28. The quantitative estimate of drug-likeness (QED) is 0.722. The maximum atomic E-state index is 13.6. The van der Waals surface area contributed by atoms with E-state index in [1.54, 1.807) is 12.1 Å². The first-order valence-corrected chi connectivity index (χ1v) is 7.79. The number of anilines is 1. The Morgan fingerprint density at radius 2 is 2.10 bits per heavy atom. The highest BCUT2D eigenvalue weighted by Crippen LogP contribution is 2.22. The summed E-state index contributed by atoms with van der Waals surface area (Å²) in [5.74, 6) is -0.271. The van der Waals surface area contributed by atoms with Crippen molar-refractivity contribution < 1.29 is 4.39 Å². The van der Waals surface area contributed by atoms with Crippen molar-refractivity contribution in [3.8, 4) is 0 Å². The van der Waals surface area contributed by atoms with Crippen LogP contribution in [0.2, 0.25) is 5.02 Å². The Kier molecular flexibility index (Phi) is 5.56. The number of thiocarbonyl (C=S) groups is 1. The van der Waals surface area contributed by atoms with Gasteiger partial charge in [0.2, 0.25) is 0 Å². The number of benzene rings is 2. The molecular weight excluding hydrogens is 375 g/mol. The van der Waals surface area contributed by atoms with Crippen molar-refractivity contribution in [2.45, 2.75) is 13.5 Å². The molecule has 0 amide bonds. The molecule has 0 aliphatic carbocycles. The van der Waals surface area contributed by atoms with Gasteiger partial charge in [0.25, 0.3) is 0 Å². The minimum absolute atomic E-state index is 0.271. The van der Waals surface area contributed by atoms with E-state index in [-0.39, 0.29) is 5.82 Å². The number of rotatable bonds is 3. The fourth-order valence-corrected chi connectivity index (χ4v) is 2.53. The van der Waals surface area contributed by atoms with Gasteiger partial charge in [-0.3, -0.25) is 0 Å². The molecule has 2 N–H and O–H groups in total. The van der Waals surface area contributed by atoms with Crippen molar-refractivity contribution in [1.29, 1.82) is 0 Å². The lowest BCUT2D eigenvalue weighted by Gasteiger charge is -2.13. The number of nitrogens with one attached hydrogen (secondary N) is 2. The zero-order valence-corrected chi connectivity index (χ0v) is 14.4. The minimum atomic E-state index is -0.271. The highest BCUT2D eigenvalue weighted by atomic mass is 79.9. The molecule has 0 spiro atoms. The maximum Gasteiger partial charge on any atom is 0.171 e. The van der Waals surface area contributed by atoms with Gasteiger partial charge >= 0.3 is 0 Å². The number of hydrogen-bond donors (Lipinski definition) is 2. The van der Waals surface area contributed by atoms with Gasteiger partial charge in [0.15, 0.2) is 5.11 Å². The standard InChI is InChI=1S/C15H13BrClFN2S/c1-9-12(17)3-2-4-14(9)20-15(21)19-8-10-7-11(16)5-6-13(10)18/h2-7H,8H2,1H3,(H2,19,20,21). The summed E-state index contributed by atoms with van der Waals surface area (Å²) in [4.78, 5) is 0. The number of hydrogen-bond acceptors (Lipinski definition) is 1. The van der Waals surface area contributed by atoms with Crippen LogP contribution in [-0.2, 0) is 6.54 Å². The fraction of sp³-hybridized carbons (Fsp3) is 0.133. The van der Waals surface area contributed by atoms with Crippen molar-refractivity contribution in [2.24, 2.45) is 0 Å². The van der Waals surface area contributed by atoms with E-state index in [0.717, 1.165) is 15.7 Å². The van der Waals surface area contributed by atoms with Crippen LogP contribution in [0.1, 0.15) is 11.1 Å². The van der Waals surface area contributed by atoms with E-state index in [1.165, 1.54) is 6.07 Å². The van der Waals surface area contributed by atoms with Crippen LogP contribution in [0.15, 0.2) is 40.9 Å². The summed E-state index contributed by atoms with van der Waals surface area (Å²) in [5, 5.41) is 7.12. The van der Waals surface area contributed by atoms with E-state index >= 15 is 0 Å². The van der Waals surface area contributed by atoms with Crippen molar-refractivity contribution in [1.82, 2.24) is 5.32 Å². The van der Waals surface area contributed by atoms with Gasteiger partial charge in [0.05, 0.1) is 0 Å². The third-order valence-electron chi connectivity index (χ3n) is 2.96. The molecule has 0 saturated carbocycles. The first-order chi connectivity index (χ1) is 9.97. The van der Waals surface area contributed by atoms with E-state index in [1.807, 2.05) is 25.1 Å². The topological polar surface area (TPSA) is 24.1 Å². The first kappa shape index (κ1) is 16.2. The SMILES string of the molecule is Cc1c(Cl)cccc1NC(=S)NCc1cc(Br)ccc1F. The van der Waals surface area contributed by atoms with Gasteiger partial charge in [-0.2, -0.15) is 0 Å². The second-order valence-corrected chi connectivity index (χ2v) is 6.19. The molecular formula is C15H13BrClFN2S. The van der Waals surface area contributed by atoms with Gasteiger partial charge in [-0.25, -0.2) is 4.39 Å². The monoisotopic (exact) mass is 386 g/mol. The van der Waals surface area contributed by atoms with Crippen LogP contribution in [0.25, 0.3) is 0 Å². The van der Waals surface area contributed by atoms with Gasteiger partial charge in [0.1, 0.15) is 5.82 Å². The largest absolute Gasteiger partial charge is 0.358 e. The summed E-state index contributed by atoms with van der Waals surface area (Å²) >= 11 is 14.6. The van der Waals surface area contributed by atoms with E-state index in [0.29, 0.717) is 22.2 Å². The predicted octanol–water partition coefficient (Wildman–Crippen LogP) is 5.04. The lowest BCUT2D eigenvalue weighted by molar-refractivity contribution is 0.606. The van der Waals surface area contributed by atoms with Crippen molar-refractivity contribution in [2.75, 3.05) is 5.32 Å². The Balaban J connectivity index is 1.99. The molecule has 0 heterocycles. The fourth-order valence-electron chi connectivity index (χ4n) is 1.76. The molecule has 0 aliphatic heterocycles. The van der Waals surface area contributed by atoms with Crippen LogP contribution in [0, 0.1) is 12.7 Å². The zero-order valence-electron chi connectivity index (χ0n) is 11.2. The average Bonchev–Trinajstić information content (AvgIpc) is 2.45. The first-order valence-electron chi connectivity index (χ1n) is 6.21. The molecule has 0 radical (unpaired) electrons. The molecule has 2 aromatic carbocycles. The third kappa shape index (κ3) is 4.40. The maximum absolute atomic E-state index is 13.6. The molecule has 0 aromatic heterocycles. The summed E-state index contributed by atoms with van der Waals surface area (Å²) in [6.07, 6.45) is 0. The Morgan fingerprint density at radius 1 is 1.33 bits per heavy atom. The highest BCUT2D eigenvalue weighted by Gasteiger charge is 2.06. The summed E-state index contributed by atoms with van der Waals surface area (Å²) < 4.78 is 14.4. The molecule has 0 fully saturated rings. The average molecular weight is 388 g/mol. The Bertz CT molecular complexity index is 679. The molecule has 6 heteroatoms. The van der Waals surface area contributed by atoms with Gasteiger partial charge in [-0.05, 0) is 55.0 Å². The van der Waals surface area contributed by atoms with Gasteiger partial charge in [-0.15, -0.1) is 0 Å². The third-order valence-corrected chi connectivity index (χ3v) is 4.11. The van der Waals surface area contributed by atoms with Crippen LogP contribution in [0.3, 0.4) is 0 Å². The Morgan fingerprint density at radius 3 is 2.86 bits per heavy atom. The van der Waals surface area contributed by atoms with E-state index in [9.17, 15) is 4.39 Å². The van der Waals surface area contributed by atoms with Crippen molar-refractivity contribution >= 4 is 50.5 Å². The van der Waals surface area contributed by atoms with Crippen LogP contribution in [0.5, 0.6) is 0 Å².